The Labute approximate surface area is 116 Å². The molecule has 0 spiro atoms. The average Bonchev–Trinajstić information content (AvgIpc) is 2.81. The SMILES string of the molecule is CN1CCc2c(NC(=O)c3cccc(O)c3)n[nH]c2C1. The van der Waals surface area contributed by atoms with Gasteiger partial charge in [0.05, 0.1) is 5.69 Å². The number of nitrogens with zero attached hydrogens (tertiary/aromatic N) is 2. The summed E-state index contributed by atoms with van der Waals surface area (Å²) in [5.74, 6) is 0.388. The zero-order valence-corrected chi connectivity index (χ0v) is 11.2. The fourth-order valence-corrected chi connectivity index (χ4v) is 2.38. The molecule has 104 valence electrons. The minimum Gasteiger partial charge on any atom is -0.508 e. The van der Waals surface area contributed by atoms with E-state index in [1.165, 1.54) is 12.1 Å². The van der Waals surface area contributed by atoms with Crippen LogP contribution < -0.4 is 5.32 Å². The summed E-state index contributed by atoms with van der Waals surface area (Å²) >= 11 is 0. The van der Waals surface area contributed by atoms with E-state index in [0.29, 0.717) is 11.4 Å². The van der Waals surface area contributed by atoms with Crippen molar-refractivity contribution in [1.82, 2.24) is 15.1 Å². The molecular weight excluding hydrogens is 256 g/mol. The molecule has 20 heavy (non-hydrogen) atoms. The van der Waals surface area contributed by atoms with E-state index in [1.54, 1.807) is 12.1 Å². The topological polar surface area (TPSA) is 81.2 Å². The highest BCUT2D eigenvalue weighted by Gasteiger charge is 2.21. The smallest absolute Gasteiger partial charge is 0.257 e. The third-order valence-electron chi connectivity index (χ3n) is 3.46. The van der Waals surface area contributed by atoms with Crippen molar-refractivity contribution < 1.29 is 9.90 Å². The Morgan fingerprint density at radius 3 is 3.15 bits per heavy atom. The monoisotopic (exact) mass is 272 g/mol. The van der Waals surface area contributed by atoms with E-state index in [0.717, 1.165) is 30.8 Å². The molecule has 1 aromatic carbocycles. The standard InChI is InChI=1S/C14H16N4O2/c1-18-6-5-11-12(8-18)16-17-13(11)15-14(20)9-3-2-4-10(19)7-9/h2-4,7,19H,5-6,8H2,1H3,(H2,15,16,17,20). The lowest BCUT2D eigenvalue weighted by molar-refractivity contribution is 0.102. The summed E-state index contributed by atoms with van der Waals surface area (Å²) < 4.78 is 0. The van der Waals surface area contributed by atoms with E-state index < -0.39 is 0 Å². The number of benzene rings is 1. The lowest BCUT2D eigenvalue weighted by atomic mass is 10.1. The molecule has 0 saturated heterocycles. The molecule has 2 aromatic rings. The molecule has 0 fully saturated rings. The molecule has 1 aliphatic rings. The Hall–Kier alpha value is -2.34. The summed E-state index contributed by atoms with van der Waals surface area (Å²) in [5, 5.41) is 19.3. The van der Waals surface area contributed by atoms with Crippen molar-refractivity contribution in [2.75, 3.05) is 18.9 Å². The molecule has 0 aliphatic carbocycles. The second-order valence-corrected chi connectivity index (χ2v) is 5.02. The summed E-state index contributed by atoms with van der Waals surface area (Å²) in [5.41, 5.74) is 2.52. The number of anilines is 1. The maximum atomic E-state index is 12.1. The minimum absolute atomic E-state index is 0.0725. The average molecular weight is 272 g/mol. The number of aromatic nitrogens is 2. The van der Waals surface area contributed by atoms with Crippen LogP contribution in [0.25, 0.3) is 0 Å². The van der Waals surface area contributed by atoms with Gasteiger partial charge < -0.3 is 15.3 Å². The summed E-state index contributed by atoms with van der Waals surface area (Å²) in [7, 11) is 2.05. The maximum absolute atomic E-state index is 12.1. The van der Waals surface area contributed by atoms with Crippen LogP contribution in [0.15, 0.2) is 24.3 Å². The van der Waals surface area contributed by atoms with Crippen molar-refractivity contribution in [2.24, 2.45) is 0 Å². The quantitative estimate of drug-likeness (QED) is 0.771. The van der Waals surface area contributed by atoms with Gasteiger partial charge in [0.25, 0.3) is 5.91 Å². The van der Waals surface area contributed by atoms with Crippen LogP contribution in [0.5, 0.6) is 5.75 Å². The second kappa shape index (κ2) is 4.97. The third-order valence-corrected chi connectivity index (χ3v) is 3.46. The fourth-order valence-electron chi connectivity index (χ4n) is 2.38. The van der Waals surface area contributed by atoms with E-state index in [1.807, 2.05) is 0 Å². The first kappa shape index (κ1) is 12.7. The number of fused-ring (bicyclic) bond motifs is 1. The van der Waals surface area contributed by atoms with Gasteiger partial charge in [-0.25, -0.2) is 0 Å². The van der Waals surface area contributed by atoms with E-state index in [2.05, 4.69) is 27.5 Å². The van der Waals surface area contributed by atoms with Crippen LogP contribution in [0.3, 0.4) is 0 Å². The molecule has 3 N–H and O–H groups in total. The Morgan fingerprint density at radius 1 is 1.50 bits per heavy atom. The first-order valence-electron chi connectivity index (χ1n) is 6.48. The number of likely N-dealkylation sites (N-methyl/N-ethyl adjacent to an activating group) is 1. The van der Waals surface area contributed by atoms with Gasteiger partial charge in [-0.15, -0.1) is 0 Å². The van der Waals surface area contributed by atoms with Gasteiger partial charge in [0.2, 0.25) is 0 Å². The second-order valence-electron chi connectivity index (χ2n) is 5.02. The molecule has 0 atom stereocenters. The Kier molecular flexibility index (Phi) is 3.15. The van der Waals surface area contributed by atoms with E-state index in [4.69, 9.17) is 0 Å². The lowest BCUT2D eigenvalue weighted by Crippen LogP contribution is -2.26. The van der Waals surface area contributed by atoms with Gasteiger partial charge in [0, 0.05) is 24.2 Å². The van der Waals surface area contributed by atoms with E-state index in [-0.39, 0.29) is 11.7 Å². The van der Waals surface area contributed by atoms with Crippen molar-refractivity contribution in [3.8, 4) is 5.75 Å². The van der Waals surface area contributed by atoms with Gasteiger partial charge >= 0.3 is 0 Å². The van der Waals surface area contributed by atoms with Crippen LogP contribution in [0, 0.1) is 0 Å². The Morgan fingerprint density at radius 2 is 2.35 bits per heavy atom. The molecule has 6 heteroatoms. The number of rotatable bonds is 2. The molecule has 1 amide bonds. The van der Waals surface area contributed by atoms with Gasteiger partial charge in [-0.2, -0.15) is 5.10 Å². The van der Waals surface area contributed by atoms with Crippen molar-refractivity contribution in [1.29, 1.82) is 0 Å². The van der Waals surface area contributed by atoms with Gasteiger partial charge in [0.1, 0.15) is 5.75 Å². The number of hydrogen-bond acceptors (Lipinski definition) is 4. The molecule has 0 bridgehead atoms. The molecule has 6 nitrogen and oxygen atoms in total. The van der Waals surface area contributed by atoms with Gasteiger partial charge in [-0.1, -0.05) is 6.07 Å². The van der Waals surface area contributed by atoms with Crippen molar-refractivity contribution in [3.63, 3.8) is 0 Å². The number of phenols is 1. The Balaban J connectivity index is 1.80. The number of amides is 1. The third kappa shape index (κ3) is 2.37. The molecule has 2 heterocycles. The number of H-pyrrole nitrogens is 1. The summed E-state index contributed by atoms with van der Waals surface area (Å²) in [4.78, 5) is 14.3. The highest BCUT2D eigenvalue weighted by Crippen LogP contribution is 2.23. The molecule has 0 radical (unpaired) electrons. The maximum Gasteiger partial charge on any atom is 0.257 e. The lowest BCUT2D eigenvalue weighted by Gasteiger charge is -2.21. The van der Waals surface area contributed by atoms with Crippen LogP contribution in [0.4, 0.5) is 5.82 Å². The van der Waals surface area contributed by atoms with E-state index in [9.17, 15) is 9.90 Å². The first-order valence-corrected chi connectivity index (χ1v) is 6.48. The van der Waals surface area contributed by atoms with E-state index >= 15 is 0 Å². The molecular formula is C14H16N4O2. The summed E-state index contributed by atoms with van der Waals surface area (Å²) in [6.07, 6.45) is 0.859. The van der Waals surface area contributed by atoms with Crippen LogP contribution in [0.2, 0.25) is 0 Å². The van der Waals surface area contributed by atoms with Crippen LogP contribution in [-0.2, 0) is 13.0 Å². The molecule has 1 aromatic heterocycles. The molecule has 1 aliphatic heterocycles. The Bertz CT molecular complexity index is 650. The number of aromatic hydroxyl groups is 1. The molecule has 3 rings (SSSR count). The van der Waals surface area contributed by atoms with Crippen molar-refractivity contribution in [2.45, 2.75) is 13.0 Å². The normalized spacial score (nSPS) is 14.8. The summed E-state index contributed by atoms with van der Waals surface area (Å²) in [6, 6.07) is 6.26. The summed E-state index contributed by atoms with van der Waals surface area (Å²) in [6.45, 7) is 1.76. The predicted octanol–water partition coefficient (Wildman–Crippen LogP) is 1.36. The number of hydrogen-bond donors (Lipinski definition) is 3. The zero-order valence-electron chi connectivity index (χ0n) is 11.2. The van der Waals surface area contributed by atoms with Gasteiger partial charge in [-0.05, 0) is 31.7 Å². The number of carbonyl (C=O) groups excluding carboxylic acids is 1. The van der Waals surface area contributed by atoms with Gasteiger partial charge in [0.15, 0.2) is 5.82 Å². The zero-order chi connectivity index (χ0) is 14.1. The molecule has 0 saturated carbocycles. The van der Waals surface area contributed by atoms with Crippen LogP contribution in [-0.4, -0.2) is 39.7 Å². The van der Waals surface area contributed by atoms with Crippen molar-refractivity contribution >= 4 is 11.7 Å². The number of carbonyl (C=O) groups is 1. The number of nitrogens with one attached hydrogen (secondary N) is 2. The van der Waals surface area contributed by atoms with Crippen LogP contribution in [0.1, 0.15) is 21.6 Å². The number of aromatic amines is 1. The van der Waals surface area contributed by atoms with Crippen LogP contribution >= 0.6 is 0 Å². The highest BCUT2D eigenvalue weighted by molar-refractivity contribution is 6.04. The van der Waals surface area contributed by atoms with Crippen molar-refractivity contribution in [3.05, 3.63) is 41.1 Å². The minimum atomic E-state index is -0.269. The molecule has 0 unspecified atom stereocenters. The largest absolute Gasteiger partial charge is 0.508 e. The number of phenolic OH excluding ortho intramolecular Hbond substituents is 1. The highest BCUT2D eigenvalue weighted by atomic mass is 16.3. The first-order chi connectivity index (χ1) is 9.63. The van der Waals surface area contributed by atoms with Gasteiger partial charge in [-0.3, -0.25) is 9.89 Å². The predicted molar refractivity (Wildman–Crippen MR) is 74.7 cm³/mol. The fraction of sp³-hybridized carbons (Fsp3) is 0.286.